The molecule has 88 valence electrons. The van der Waals surface area contributed by atoms with Crippen molar-refractivity contribution < 1.29 is 8.42 Å². The van der Waals surface area contributed by atoms with Gasteiger partial charge in [-0.1, -0.05) is 22.0 Å². The number of hydrogen-bond acceptors (Lipinski definition) is 2. The van der Waals surface area contributed by atoms with Crippen molar-refractivity contribution in [3.8, 4) is 0 Å². The second kappa shape index (κ2) is 4.47. The van der Waals surface area contributed by atoms with Crippen LogP contribution in [0.5, 0.6) is 0 Å². The van der Waals surface area contributed by atoms with Gasteiger partial charge in [0, 0.05) is 4.47 Å². The van der Waals surface area contributed by atoms with E-state index in [9.17, 15) is 8.42 Å². The van der Waals surface area contributed by atoms with Gasteiger partial charge in [0.05, 0.1) is 5.25 Å². The zero-order valence-electron chi connectivity index (χ0n) is 9.03. The molecule has 1 N–H and O–H groups in total. The molecule has 16 heavy (non-hydrogen) atoms. The molecule has 1 aromatic carbocycles. The van der Waals surface area contributed by atoms with Gasteiger partial charge in [-0.3, -0.25) is 0 Å². The third kappa shape index (κ3) is 2.31. The van der Waals surface area contributed by atoms with E-state index < -0.39 is 10.0 Å². The smallest absolute Gasteiger partial charge is 0.214 e. The molecule has 1 unspecified atom stereocenters. The third-order valence-corrected chi connectivity index (χ3v) is 5.42. The average Bonchev–Trinajstić information content (AvgIpc) is 2.28. The number of rotatable bonds is 2. The highest BCUT2D eigenvalue weighted by molar-refractivity contribution is 9.10. The van der Waals surface area contributed by atoms with E-state index in [1.807, 2.05) is 12.1 Å². The Morgan fingerprint density at radius 2 is 2.12 bits per heavy atom. The summed E-state index contributed by atoms with van der Waals surface area (Å²) >= 11 is 3.43. The number of hydrogen-bond donors (Lipinski definition) is 1. The molecule has 1 aliphatic carbocycles. The van der Waals surface area contributed by atoms with Gasteiger partial charge in [0.2, 0.25) is 10.0 Å². The van der Waals surface area contributed by atoms with Gasteiger partial charge in [-0.25, -0.2) is 13.1 Å². The Bertz CT molecular complexity index is 499. The monoisotopic (exact) mass is 303 g/mol. The van der Waals surface area contributed by atoms with Crippen molar-refractivity contribution in [2.24, 2.45) is 0 Å². The lowest BCUT2D eigenvalue weighted by Gasteiger charge is -2.24. The van der Waals surface area contributed by atoms with Crippen LogP contribution in [0.3, 0.4) is 0 Å². The Morgan fingerprint density at radius 3 is 2.81 bits per heavy atom. The summed E-state index contributed by atoms with van der Waals surface area (Å²) in [6, 6.07) is 6.06. The molecule has 5 heteroatoms. The zero-order valence-corrected chi connectivity index (χ0v) is 11.4. The molecule has 1 atom stereocenters. The van der Waals surface area contributed by atoms with Gasteiger partial charge in [-0.2, -0.15) is 0 Å². The first kappa shape index (κ1) is 12.1. The van der Waals surface area contributed by atoms with Crippen molar-refractivity contribution in [1.29, 1.82) is 0 Å². The molecular weight excluding hydrogens is 290 g/mol. The molecule has 0 spiro atoms. The van der Waals surface area contributed by atoms with Crippen LogP contribution in [0.25, 0.3) is 0 Å². The van der Waals surface area contributed by atoms with Crippen LogP contribution in [0, 0.1) is 0 Å². The highest BCUT2D eigenvalue weighted by Crippen LogP contribution is 2.27. The predicted octanol–water partition coefficient (Wildman–Crippen LogP) is 1.86. The van der Waals surface area contributed by atoms with Crippen molar-refractivity contribution in [3.05, 3.63) is 33.8 Å². The lowest BCUT2D eigenvalue weighted by molar-refractivity contribution is 0.553. The highest BCUT2D eigenvalue weighted by atomic mass is 79.9. The Kier molecular flexibility index (Phi) is 3.37. The second-order valence-electron chi connectivity index (χ2n) is 4.03. The molecule has 0 aromatic heterocycles. The lowest BCUT2D eigenvalue weighted by atomic mass is 9.91. The van der Waals surface area contributed by atoms with Crippen LogP contribution in [-0.2, 0) is 22.9 Å². The molecule has 1 aliphatic rings. The molecular formula is C11H14BrNO2S. The molecule has 0 amide bonds. The van der Waals surface area contributed by atoms with Crippen LogP contribution in [0.1, 0.15) is 17.5 Å². The van der Waals surface area contributed by atoms with Crippen LogP contribution < -0.4 is 4.72 Å². The predicted molar refractivity (Wildman–Crippen MR) is 67.9 cm³/mol. The van der Waals surface area contributed by atoms with Crippen LogP contribution in [0.2, 0.25) is 0 Å². The third-order valence-electron chi connectivity index (χ3n) is 3.07. The van der Waals surface area contributed by atoms with Gasteiger partial charge in [-0.05, 0) is 49.6 Å². The summed E-state index contributed by atoms with van der Waals surface area (Å²) in [7, 11) is -1.66. The second-order valence-corrected chi connectivity index (χ2v) is 7.11. The molecule has 0 saturated carbocycles. The van der Waals surface area contributed by atoms with Crippen molar-refractivity contribution in [2.75, 3.05) is 7.05 Å². The van der Waals surface area contributed by atoms with E-state index in [1.54, 1.807) is 0 Å². The van der Waals surface area contributed by atoms with E-state index in [2.05, 4.69) is 26.7 Å². The van der Waals surface area contributed by atoms with Gasteiger partial charge in [-0.15, -0.1) is 0 Å². The van der Waals surface area contributed by atoms with Crippen molar-refractivity contribution in [3.63, 3.8) is 0 Å². The minimum absolute atomic E-state index is 0.286. The van der Waals surface area contributed by atoms with E-state index in [1.165, 1.54) is 12.6 Å². The van der Waals surface area contributed by atoms with Gasteiger partial charge >= 0.3 is 0 Å². The standard InChI is InChI=1S/C11H14BrNO2S/c1-13-16(14,15)11-5-3-8-6-10(12)4-2-9(8)7-11/h2,4,6,11,13H,3,5,7H2,1H3. The van der Waals surface area contributed by atoms with Crippen molar-refractivity contribution in [2.45, 2.75) is 24.5 Å². The Balaban J connectivity index is 2.28. The number of fused-ring (bicyclic) bond motifs is 1. The molecule has 0 aliphatic heterocycles. The minimum Gasteiger partial charge on any atom is -0.218 e. The lowest BCUT2D eigenvalue weighted by Crippen LogP contribution is -2.35. The summed E-state index contributed by atoms with van der Waals surface area (Å²) < 4.78 is 26.9. The Morgan fingerprint density at radius 1 is 1.38 bits per heavy atom. The molecule has 1 aromatic rings. The van der Waals surface area contributed by atoms with Crippen LogP contribution >= 0.6 is 15.9 Å². The van der Waals surface area contributed by atoms with E-state index in [0.29, 0.717) is 12.8 Å². The molecule has 2 rings (SSSR count). The largest absolute Gasteiger partial charge is 0.218 e. The van der Waals surface area contributed by atoms with Crippen LogP contribution in [-0.4, -0.2) is 20.7 Å². The maximum absolute atomic E-state index is 11.7. The number of nitrogens with one attached hydrogen (secondary N) is 1. The van der Waals surface area contributed by atoms with E-state index in [0.717, 1.165) is 16.5 Å². The normalized spacial score (nSPS) is 20.5. The van der Waals surface area contributed by atoms with Crippen molar-refractivity contribution in [1.82, 2.24) is 4.72 Å². The molecule has 0 bridgehead atoms. The molecule has 0 heterocycles. The summed E-state index contributed by atoms with van der Waals surface area (Å²) in [5.41, 5.74) is 2.41. The summed E-state index contributed by atoms with van der Waals surface area (Å²) in [6.45, 7) is 0. The average molecular weight is 304 g/mol. The fourth-order valence-corrected chi connectivity index (χ4v) is 3.69. The molecule has 0 fully saturated rings. The number of aryl methyl sites for hydroxylation is 1. The summed E-state index contributed by atoms with van der Waals surface area (Å²) in [6.07, 6.45) is 2.15. The molecule has 0 saturated heterocycles. The minimum atomic E-state index is -3.14. The SMILES string of the molecule is CNS(=O)(=O)C1CCc2cc(Br)ccc2C1. The number of sulfonamides is 1. The fraction of sp³-hybridized carbons (Fsp3) is 0.455. The highest BCUT2D eigenvalue weighted by Gasteiger charge is 2.28. The topological polar surface area (TPSA) is 46.2 Å². The molecule has 3 nitrogen and oxygen atoms in total. The summed E-state index contributed by atoms with van der Waals surface area (Å²) in [5, 5.41) is -0.286. The van der Waals surface area contributed by atoms with Crippen LogP contribution in [0.15, 0.2) is 22.7 Å². The number of halogens is 1. The van der Waals surface area contributed by atoms with E-state index >= 15 is 0 Å². The maximum atomic E-state index is 11.7. The first-order valence-electron chi connectivity index (χ1n) is 5.22. The Hall–Kier alpha value is -0.390. The maximum Gasteiger partial charge on any atom is 0.214 e. The van der Waals surface area contributed by atoms with Gasteiger partial charge in [0.1, 0.15) is 0 Å². The first-order valence-corrected chi connectivity index (χ1v) is 7.56. The van der Waals surface area contributed by atoms with Gasteiger partial charge < -0.3 is 0 Å². The van der Waals surface area contributed by atoms with E-state index in [-0.39, 0.29) is 5.25 Å². The Labute approximate surface area is 104 Å². The summed E-state index contributed by atoms with van der Waals surface area (Å²) in [4.78, 5) is 0. The zero-order chi connectivity index (χ0) is 11.8. The summed E-state index contributed by atoms with van der Waals surface area (Å²) in [5.74, 6) is 0. The molecule has 0 radical (unpaired) electrons. The van der Waals surface area contributed by atoms with Crippen LogP contribution in [0.4, 0.5) is 0 Å². The fourth-order valence-electron chi connectivity index (χ4n) is 2.12. The van der Waals surface area contributed by atoms with Gasteiger partial charge in [0.25, 0.3) is 0 Å². The van der Waals surface area contributed by atoms with Gasteiger partial charge in [0.15, 0.2) is 0 Å². The quantitative estimate of drug-likeness (QED) is 0.906. The first-order chi connectivity index (χ1) is 7.53. The van der Waals surface area contributed by atoms with E-state index in [4.69, 9.17) is 0 Å². The number of benzene rings is 1. The van der Waals surface area contributed by atoms with Crippen molar-refractivity contribution >= 4 is 26.0 Å².